The highest BCUT2D eigenvalue weighted by Gasteiger charge is 2.34. The van der Waals surface area contributed by atoms with Crippen molar-refractivity contribution >= 4 is 18.3 Å². The number of piperidine rings is 1. The minimum Gasteiger partial charge on any atom is -0.330 e. The molecule has 1 N–H and O–H groups in total. The number of amides is 1. The van der Waals surface area contributed by atoms with Crippen LogP contribution in [-0.2, 0) is 6.54 Å². The second kappa shape index (κ2) is 8.44. The lowest BCUT2D eigenvalue weighted by atomic mass is 10.1. The van der Waals surface area contributed by atoms with Gasteiger partial charge in [-0.05, 0) is 68.8 Å². The van der Waals surface area contributed by atoms with E-state index in [1.54, 1.807) is 0 Å². The molecule has 2 heterocycles. The Balaban J connectivity index is 0.00000210. The van der Waals surface area contributed by atoms with Gasteiger partial charge in [-0.1, -0.05) is 18.2 Å². The number of rotatable bonds is 5. The summed E-state index contributed by atoms with van der Waals surface area (Å²) in [4.78, 5) is 15.1. The molecular weight excluding hydrogens is 360 g/mol. The second-order valence-corrected chi connectivity index (χ2v) is 7.76. The van der Waals surface area contributed by atoms with E-state index < -0.39 is 0 Å². The number of carbonyl (C=O) groups excluding carboxylic acids is 1. The van der Waals surface area contributed by atoms with Gasteiger partial charge in [0.15, 0.2) is 0 Å². The molecule has 2 fully saturated rings. The van der Waals surface area contributed by atoms with Crippen LogP contribution in [0.25, 0.3) is 0 Å². The maximum Gasteiger partial charge on any atom is 0.274 e. The van der Waals surface area contributed by atoms with Crippen molar-refractivity contribution in [1.82, 2.24) is 20.0 Å². The van der Waals surface area contributed by atoms with E-state index in [-0.39, 0.29) is 18.3 Å². The molecule has 4 rings (SSSR count). The van der Waals surface area contributed by atoms with E-state index in [1.165, 1.54) is 16.7 Å². The van der Waals surface area contributed by atoms with E-state index in [1.807, 2.05) is 21.8 Å². The number of nitrogens with zero attached hydrogens (tertiary/aromatic N) is 3. The monoisotopic (exact) mass is 388 g/mol. The molecule has 1 atom stereocenters. The Morgan fingerprint density at radius 2 is 2.04 bits per heavy atom. The van der Waals surface area contributed by atoms with Gasteiger partial charge in [0.25, 0.3) is 5.91 Å². The van der Waals surface area contributed by atoms with Gasteiger partial charge in [0.1, 0.15) is 5.69 Å². The number of aryl methyl sites for hydroxylation is 2. The summed E-state index contributed by atoms with van der Waals surface area (Å²) in [6, 6.07) is 9.09. The fraction of sp³-hybridized carbons (Fsp3) is 0.524. The van der Waals surface area contributed by atoms with E-state index >= 15 is 0 Å². The molecule has 0 radical (unpaired) electrons. The van der Waals surface area contributed by atoms with Crippen molar-refractivity contribution in [1.29, 1.82) is 0 Å². The molecule has 1 aliphatic carbocycles. The van der Waals surface area contributed by atoms with Crippen molar-refractivity contribution in [2.45, 2.75) is 58.2 Å². The average molecular weight is 389 g/mol. The lowest BCUT2D eigenvalue weighted by molar-refractivity contribution is 0.0722. The number of halogens is 1. The van der Waals surface area contributed by atoms with Crippen LogP contribution in [0.5, 0.6) is 0 Å². The minimum absolute atomic E-state index is 0. The maximum atomic E-state index is 13.1. The van der Waals surface area contributed by atoms with Gasteiger partial charge in [-0.25, -0.2) is 0 Å². The van der Waals surface area contributed by atoms with E-state index in [0.717, 1.165) is 38.8 Å². The predicted molar refractivity (Wildman–Crippen MR) is 109 cm³/mol. The lowest BCUT2D eigenvalue weighted by Gasteiger charge is -2.24. The van der Waals surface area contributed by atoms with Gasteiger partial charge in [0, 0.05) is 25.3 Å². The van der Waals surface area contributed by atoms with Gasteiger partial charge in [0.05, 0.1) is 6.04 Å². The first-order valence-electron chi connectivity index (χ1n) is 9.75. The average Bonchev–Trinajstić information content (AvgIpc) is 3.38. The summed E-state index contributed by atoms with van der Waals surface area (Å²) in [5.41, 5.74) is 4.34. The molecule has 0 bridgehead atoms. The Labute approximate surface area is 167 Å². The number of hydrogen-bond donors (Lipinski definition) is 1. The number of hydrogen-bond acceptors (Lipinski definition) is 3. The first-order chi connectivity index (χ1) is 12.6. The van der Waals surface area contributed by atoms with Gasteiger partial charge in [-0.3, -0.25) is 9.48 Å². The highest BCUT2D eigenvalue weighted by molar-refractivity contribution is 5.92. The fourth-order valence-electron chi connectivity index (χ4n) is 3.71. The first-order valence-corrected chi connectivity index (χ1v) is 9.75. The van der Waals surface area contributed by atoms with Crippen molar-refractivity contribution in [3.63, 3.8) is 0 Å². The Kier molecular flexibility index (Phi) is 6.22. The van der Waals surface area contributed by atoms with Crippen molar-refractivity contribution < 1.29 is 4.79 Å². The summed E-state index contributed by atoms with van der Waals surface area (Å²) in [7, 11) is 0. The molecule has 5 nitrogen and oxygen atoms in total. The molecule has 27 heavy (non-hydrogen) atoms. The van der Waals surface area contributed by atoms with Gasteiger partial charge < -0.3 is 10.2 Å². The van der Waals surface area contributed by atoms with Crippen LogP contribution < -0.4 is 5.32 Å². The zero-order valence-corrected chi connectivity index (χ0v) is 17.0. The van der Waals surface area contributed by atoms with Crippen molar-refractivity contribution in [3.05, 3.63) is 52.8 Å². The highest BCUT2D eigenvalue weighted by Crippen LogP contribution is 2.30. The largest absolute Gasteiger partial charge is 0.330 e. The Bertz CT molecular complexity index is 793. The zero-order chi connectivity index (χ0) is 18.1. The zero-order valence-electron chi connectivity index (χ0n) is 16.1. The van der Waals surface area contributed by atoms with Crippen LogP contribution in [0.15, 0.2) is 30.5 Å². The molecule has 1 amide bonds. The molecule has 2 aliphatic rings. The first kappa shape index (κ1) is 19.9. The topological polar surface area (TPSA) is 50.2 Å². The van der Waals surface area contributed by atoms with Gasteiger partial charge >= 0.3 is 0 Å². The number of nitrogens with one attached hydrogen (secondary N) is 1. The molecule has 0 spiro atoms. The van der Waals surface area contributed by atoms with E-state index in [0.29, 0.717) is 24.3 Å². The minimum atomic E-state index is 0. The summed E-state index contributed by atoms with van der Waals surface area (Å²) in [6.45, 7) is 6.93. The van der Waals surface area contributed by atoms with E-state index in [4.69, 9.17) is 0 Å². The SMILES string of the molecule is Cc1ccc(CN(C(=O)c2ccn(C3CCCNC3)n2)C2CC2)cc1C.Cl. The molecule has 6 heteroatoms. The molecule has 1 saturated carbocycles. The molecule has 146 valence electrons. The normalized spacial score (nSPS) is 19.4. The number of benzene rings is 1. The number of aromatic nitrogens is 2. The standard InChI is InChI=1S/C21H28N4O.ClH/c1-15-5-6-17(12-16(15)2)14-24(18-7-8-18)21(26)20-9-11-25(23-20)19-4-3-10-22-13-19;/h5-6,9,11-12,18-19,22H,3-4,7-8,10,13-14H2,1-2H3;1H. The van der Waals surface area contributed by atoms with Crippen LogP contribution in [0.3, 0.4) is 0 Å². The Hall–Kier alpha value is -1.85. The lowest BCUT2D eigenvalue weighted by Crippen LogP contribution is -2.34. The molecule has 1 unspecified atom stereocenters. The molecule has 2 aromatic rings. The molecular formula is C21H29ClN4O. The van der Waals surface area contributed by atoms with Crippen LogP contribution in [0.4, 0.5) is 0 Å². The second-order valence-electron chi connectivity index (χ2n) is 7.76. The van der Waals surface area contributed by atoms with Crippen LogP contribution in [-0.4, -0.2) is 39.7 Å². The molecule has 1 saturated heterocycles. The summed E-state index contributed by atoms with van der Waals surface area (Å²) >= 11 is 0. The molecule has 1 aliphatic heterocycles. The Morgan fingerprint density at radius 3 is 2.70 bits per heavy atom. The highest BCUT2D eigenvalue weighted by atomic mass is 35.5. The van der Waals surface area contributed by atoms with Gasteiger partial charge in [0.2, 0.25) is 0 Å². The van der Waals surface area contributed by atoms with Crippen LogP contribution in [0, 0.1) is 13.8 Å². The third-order valence-corrected chi connectivity index (χ3v) is 5.65. The van der Waals surface area contributed by atoms with Gasteiger partial charge in [-0.15, -0.1) is 12.4 Å². The molecule has 1 aromatic carbocycles. The van der Waals surface area contributed by atoms with Crippen LogP contribution >= 0.6 is 12.4 Å². The smallest absolute Gasteiger partial charge is 0.274 e. The quantitative estimate of drug-likeness (QED) is 0.850. The summed E-state index contributed by atoms with van der Waals surface area (Å²) in [5.74, 6) is 0.0632. The third-order valence-electron chi connectivity index (χ3n) is 5.65. The summed E-state index contributed by atoms with van der Waals surface area (Å²) < 4.78 is 1.97. The van der Waals surface area contributed by atoms with Gasteiger partial charge in [-0.2, -0.15) is 5.10 Å². The maximum absolute atomic E-state index is 13.1. The fourth-order valence-corrected chi connectivity index (χ4v) is 3.71. The van der Waals surface area contributed by atoms with Crippen LogP contribution in [0.1, 0.15) is 58.9 Å². The Morgan fingerprint density at radius 1 is 1.22 bits per heavy atom. The summed E-state index contributed by atoms with van der Waals surface area (Å²) in [6.07, 6.45) is 6.45. The molecule has 1 aromatic heterocycles. The van der Waals surface area contributed by atoms with E-state index in [9.17, 15) is 4.79 Å². The predicted octanol–water partition coefficient (Wildman–Crippen LogP) is 3.65. The van der Waals surface area contributed by atoms with Crippen molar-refractivity contribution in [2.75, 3.05) is 13.1 Å². The third kappa shape index (κ3) is 4.53. The summed E-state index contributed by atoms with van der Waals surface area (Å²) in [5, 5.41) is 8.03. The van der Waals surface area contributed by atoms with Crippen molar-refractivity contribution in [3.8, 4) is 0 Å². The van der Waals surface area contributed by atoms with Crippen LogP contribution in [0.2, 0.25) is 0 Å². The number of carbonyl (C=O) groups is 1. The van der Waals surface area contributed by atoms with Crippen molar-refractivity contribution in [2.24, 2.45) is 0 Å². The van der Waals surface area contributed by atoms with E-state index in [2.05, 4.69) is 42.5 Å².